The van der Waals surface area contributed by atoms with Crippen LogP contribution < -0.4 is 0 Å². The van der Waals surface area contributed by atoms with E-state index < -0.39 is 60.8 Å². The summed E-state index contributed by atoms with van der Waals surface area (Å²) < 4.78 is 0. The molecule has 0 aromatic rings. The third-order valence-corrected chi connectivity index (χ3v) is 26.8. The third-order valence-electron chi connectivity index (χ3n) is 17.3. The minimum Gasteiger partial charge on any atom is -0.389 e. The standard InChI is InChI=1S/C12H28N2OSi.C10H24N2OSi.C9H22N2OSi.C9H20N2O.2C8H18N2O.C8H16N2O.C7H16N2O.C7H14N2O.C7H16N2O.C6H14N2O/c1-7-13-11(14(5)6)12(15)16(8-2,9-3)10-4;1-8(2)11-9(12(3)4)10(13)14(5,6)7;1-7-10-8(11(2)3)9(12)13(4,5)6;1-6-8(12)9(11(4)5)10-7(2)3;1-6(2)9-8(7(3)11)10(4)5;2*1-5-7(11)8(9-6-2)10(3)4;1-6(2)8-7(5-10)9(3)4;1-5-6(10)7(8-2)9(3)4;1-5-8-7(6(2)10)9(3)4;1-4-7-6(5-9)8(2)3/h12,15H,7-10H2,1-6H3;8,10,13H,1-7H3;9,12H,7H2,1-6H3;7-8,12H,6H2,1-5H3;6-7,11H,1-5H3;7,11H,5-6H2,1-4H3;5,7,11H,1,6H2,2-4H3;6,10H,5H2,1-4H3;5-6,10H,1H2,2-4H3;6,10H,5H2,1-4H3;9H,4-5H2,1-3H3. The van der Waals surface area contributed by atoms with E-state index in [1.165, 1.54) is 12.2 Å². The Morgan fingerprint density at radius 1 is 0.283 bits per heavy atom. The molecule has 0 fully saturated rings. The third kappa shape index (κ3) is 75.1. The first-order valence-corrected chi connectivity index (χ1v) is 55.0. The van der Waals surface area contributed by atoms with E-state index in [0.29, 0.717) is 24.6 Å². The summed E-state index contributed by atoms with van der Waals surface area (Å²) in [6, 6.07) is 4.33. The van der Waals surface area contributed by atoms with E-state index in [0.717, 1.165) is 110 Å². The maximum Gasteiger partial charge on any atom is 0.132 e. The molecule has 127 heavy (non-hydrogen) atoms. The van der Waals surface area contributed by atoms with E-state index >= 15 is 0 Å². The normalized spacial score (nSPS) is 14.7. The second-order valence-electron chi connectivity index (χ2n) is 35.1. The molecule has 11 N–H and O–H groups in total. The van der Waals surface area contributed by atoms with E-state index in [-0.39, 0.29) is 54.6 Å². The maximum atomic E-state index is 10.6. The number of hydrogen-bond donors (Lipinski definition) is 11. The average Bonchev–Trinajstić information content (AvgIpc) is 0.820. The summed E-state index contributed by atoms with van der Waals surface area (Å²) in [6.45, 7) is 66.0. The molecular weight excluding hydrogens is 1660 g/mol. The van der Waals surface area contributed by atoms with Crippen molar-refractivity contribution in [1.82, 2.24) is 53.9 Å². The second-order valence-corrected chi connectivity index (χ2v) is 51.0. The summed E-state index contributed by atoms with van der Waals surface area (Å²) in [5.41, 5.74) is -1.05. The van der Waals surface area contributed by atoms with Crippen LogP contribution in [0.4, 0.5) is 0 Å². The first-order chi connectivity index (χ1) is 58.2. The quantitative estimate of drug-likeness (QED) is 0.0133. The average molecular weight is 1870 g/mol. The van der Waals surface area contributed by atoms with Gasteiger partial charge in [-0.05, 0) is 124 Å². The van der Waals surface area contributed by atoms with Gasteiger partial charge in [-0.1, -0.05) is 104 Å². The van der Waals surface area contributed by atoms with Crippen molar-refractivity contribution in [3.8, 4) is 0 Å². The van der Waals surface area contributed by atoms with Crippen LogP contribution in [0.3, 0.4) is 0 Å². The number of amidine groups is 11. The number of likely N-dealkylation sites (N-methyl/N-ethyl adjacent to an activating group) is 11. The van der Waals surface area contributed by atoms with Crippen LogP contribution in [0, 0.1) is 0 Å². The van der Waals surface area contributed by atoms with Crippen molar-refractivity contribution < 1.29 is 56.2 Å². The monoisotopic (exact) mass is 1870 g/mol. The lowest BCUT2D eigenvalue weighted by molar-refractivity contribution is 0.222. The van der Waals surface area contributed by atoms with E-state index in [1.807, 2.05) is 310 Å². The Bertz CT molecular complexity index is 2980. The summed E-state index contributed by atoms with van der Waals surface area (Å²) >= 11 is 0. The highest BCUT2D eigenvalue weighted by molar-refractivity contribution is 6.83. The number of aliphatic hydroxyl groups is 11. The lowest BCUT2D eigenvalue weighted by atomic mass is 10.2. The van der Waals surface area contributed by atoms with Crippen molar-refractivity contribution >= 4 is 88.4 Å². The SMILES string of the molecule is C=CC(O)C(=NC)N(C)C.C=CC(O)C(=NCC)N(C)C.CC(C)N=C(C(C)O)N(C)C.CC(C)N=C(C(O)[Si](C)(C)C)N(C)C.CC(C)N=C(CO)N(C)C.CCC(O)C(=NC(C)C)N(C)C.CCN=C(C(C)O)N(C)C.CCN=C(C(O)CC)N(C)C.CCN=C(C(O)[Si](C)(C)C)N(C)C.CCN=C(C(O)[Si](CC)(CC)CC)N(C)C.CCN=C(CO)N(C)C. The fraction of sp³-hybridized carbons (Fsp3) is 0.835. The molecule has 0 bridgehead atoms. The molecule has 0 heterocycles. The molecule has 0 rings (SSSR count). The fourth-order valence-electron chi connectivity index (χ4n) is 10.4. The molecule has 0 aliphatic rings. The Kier molecular flexibility index (Phi) is 94.0. The Morgan fingerprint density at radius 2 is 0.520 bits per heavy atom. The van der Waals surface area contributed by atoms with Crippen LogP contribution in [-0.4, -0.2) is 491 Å². The van der Waals surface area contributed by atoms with Gasteiger partial charge in [-0.3, -0.25) is 54.9 Å². The molecule has 33 nitrogen and oxygen atoms in total. The molecule has 9 unspecified atom stereocenters. The Morgan fingerprint density at radius 3 is 0.701 bits per heavy atom. The summed E-state index contributed by atoms with van der Waals surface area (Å²) in [5.74, 6) is 8.27. The Hall–Kier alpha value is -6.14. The van der Waals surface area contributed by atoms with Gasteiger partial charge in [0.25, 0.3) is 0 Å². The van der Waals surface area contributed by atoms with Crippen molar-refractivity contribution in [2.75, 3.05) is 215 Å². The molecule has 0 aromatic heterocycles. The highest BCUT2D eigenvalue weighted by Gasteiger charge is 2.39. The Balaban J connectivity index is -0.000000130. The molecule has 758 valence electrons. The van der Waals surface area contributed by atoms with Crippen molar-refractivity contribution in [2.45, 2.75) is 294 Å². The van der Waals surface area contributed by atoms with Gasteiger partial charge in [-0.15, -0.1) is 13.2 Å². The van der Waals surface area contributed by atoms with Crippen LogP contribution in [0.2, 0.25) is 57.4 Å². The van der Waals surface area contributed by atoms with Crippen LogP contribution in [0.5, 0.6) is 0 Å². The van der Waals surface area contributed by atoms with Gasteiger partial charge in [0.05, 0.1) is 35.7 Å². The molecule has 0 spiro atoms. The number of aliphatic imine (C=N–C) groups is 11. The van der Waals surface area contributed by atoms with Crippen molar-refractivity contribution in [1.29, 1.82) is 0 Å². The number of rotatable bonds is 31. The van der Waals surface area contributed by atoms with Crippen molar-refractivity contribution in [2.24, 2.45) is 54.9 Å². The van der Waals surface area contributed by atoms with Gasteiger partial charge in [0.1, 0.15) is 120 Å². The number of hydrogen-bond acceptors (Lipinski definition) is 22. The first-order valence-electron chi connectivity index (χ1n) is 45.2. The van der Waals surface area contributed by atoms with E-state index in [9.17, 15) is 40.9 Å². The minimum absolute atomic E-state index is 0.0190. The van der Waals surface area contributed by atoms with Crippen LogP contribution in [0.15, 0.2) is 80.2 Å². The molecule has 0 aliphatic heterocycles. The predicted molar refractivity (Wildman–Crippen MR) is 567 cm³/mol. The summed E-state index contributed by atoms with van der Waals surface area (Å²) in [6.07, 6.45) is 1.26. The fourth-order valence-corrected chi connectivity index (χ4v) is 16.2. The molecule has 0 aliphatic carbocycles. The zero-order valence-electron chi connectivity index (χ0n) is 91.0. The van der Waals surface area contributed by atoms with Gasteiger partial charge in [-0.25, -0.2) is 0 Å². The van der Waals surface area contributed by atoms with Gasteiger partial charge >= 0.3 is 0 Å². The maximum absolute atomic E-state index is 10.6. The summed E-state index contributed by atoms with van der Waals surface area (Å²) in [4.78, 5) is 66.7. The number of aliphatic hydroxyl groups excluding tert-OH is 11. The van der Waals surface area contributed by atoms with Gasteiger partial charge in [0, 0.05) is 226 Å². The highest BCUT2D eigenvalue weighted by Crippen LogP contribution is 2.26. The van der Waals surface area contributed by atoms with E-state index in [4.69, 9.17) is 15.3 Å². The molecule has 0 radical (unpaired) electrons. The summed E-state index contributed by atoms with van der Waals surface area (Å²) in [7, 11) is 38.5. The zero-order valence-corrected chi connectivity index (χ0v) is 94.0. The summed E-state index contributed by atoms with van der Waals surface area (Å²) in [5, 5.41) is 104. The van der Waals surface area contributed by atoms with Gasteiger partial charge < -0.3 is 110 Å². The molecule has 0 aromatic carbocycles. The predicted octanol–water partition coefficient (Wildman–Crippen LogP) is 9.06. The van der Waals surface area contributed by atoms with Crippen LogP contribution in [0.1, 0.15) is 158 Å². The van der Waals surface area contributed by atoms with Crippen molar-refractivity contribution in [3.63, 3.8) is 0 Å². The highest BCUT2D eigenvalue weighted by atomic mass is 28.3. The van der Waals surface area contributed by atoms with Gasteiger partial charge in [0.15, 0.2) is 0 Å². The lowest BCUT2D eigenvalue weighted by Gasteiger charge is -2.36. The topological polar surface area (TPSA) is 394 Å². The molecule has 0 saturated carbocycles. The molecule has 9 atom stereocenters. The zero-order chi connectivity index (χ0) is 103. The lowest BCUT2D eigenvalue weighted by Crippen LogP contribution is -2.54. The van der Waals surface area contributed by atoms with Crippen LogP contribution in [0.25, 0.3) is 0 Å². The van der Waals surface area contributed by atoms with Gasteiger partial charge in [-0.2, -0.15) is 0 Å². The molecule has 36 heteroatoms. The smallest absolute Gasteiger partial charge is 0.132 e. The number of nitrogens with zero attached hydrogens (tertiary/aromatic N) is 22. The van der Waals surface area contributed by atoms with Gasteiger partial charge in [0.2, 0.25) is 0 Å². The largest absolute Gasteiger partial charge is 0.389 e. The second kappa shape index (κ2) is 83.0. The van der Waals surface area contributed by atoms with Crippen LogP contribution in [-0.2, 0) is 0 Å². The molecule has 0 amide bonds. The van der Waals surface area contributed by atoms with Crippen molar-refractivity contribution in [3.05, 3.63) is 25.3 Å². The minimum atomic E-state index is -1.60. The van der Waals surface area contributed by atoms with E-state index in [2.05, 4.69) is 128 Å². The molecular formula is C91H206N22O11Si3. The van der Waals surface area contributed by atoms with Crippen LogP contribution >= 0.6 is 0 Å². The Labute approximate surface area is 782 Å². The first kappa shape index (κ1) is 144. The van der Waals surface area contributed by atoms with E-state index in [1.54, 1.807) is 30.7 Å². The molecule has 0 saturated heterocycles.